The molecule has 0 spiro atoms. The van der Waals surface area contributed by atoms with Crippen LogP contribution in [-0.2, 0) is 4.74 Å². The van der Waals surface area contributed by atoms with Crippen molar-refractivity contribution in [2.75, 3.05) is 32.8 Å². The SMILES string of the molecule is CCC1CCCCCN1CC1(CNC(C)C)CCOC1. The van der Waals surface area contributed by atoms with Crippen LogP contribution >= 0.6 is 0 Å². The number of hydrogen-bond donors (Lipinski definition) is 1. The number of likely N-dealkylation sites (tertiary alicyclic amines) is 1. The van der Waals surface area contributed by atoms with Crippen molar-refractivity contribution in [3.05, 3.63) is 0 Å². The summed E-state index contributed by atoms with van der Waals surface area (Å²) in [4.78, 5) is 2.78. The first-order valence-electron chi connectivity index (χ1n) is 8.70. The van der Waals surface area contributed by atoms with Crippen LogP contribution in [0.2, 0.25) is 0 Å². The van der Waals surface area contributed by atoms with Crippen LogP contribution in [0, 0.1) is 5.41 Å². The lowest BCUT2D eigenvalue weighted by Gasteiger charge is -2.38. The van der Waals surface area contributed by atoms with Crippen molar-refractivity contribution in [3.63, 3.8) is 0 Å². The molecule has 0 bridgehead atoms. The van der Waals surface area contributed by atoms with E-state index >= 15 is 0 Å². The lowest BCUT2D eigenvalue weighted by molar-refractivity contribution is 0.0831. The molecule has 2 unspecified atom stereocenters. The van der Waals surface area contributed by atoms with E-state index in [1.165, 1.54) is 51.6 Å². The van der Waals surface area contributed by atoms with Crippen molar-refractivity contribution in [2.45, 2.75) is 71.4 Å². The first kappa shape index (κ1) is 16.3. The molecule has 0 aromatic carbocycles. The van der Waals surface area contributed by atoms with Crippen molar-refractivity contribution >= 4 is 0 Å². The van der Waals surface area contributed by atoms with Crippen LogP contribution in [0.3, 0.4) is 0 Å². The van der Waals surface area contributed by atoms with Gasteiger partial charge in [-0.25, -0.2) is 0 Å². The van der Waals surface area contributed by atoms with Crippen LogP contribution in [0.5, 0.6) is 0 Å². The first-order valence-corrected chi connectivity index (χ1v) is 8.70. The van der Waals surface area contributed by atoms with Crippen molar-refractivity contribution in [1.82, 2.24) is 10.2 Å². The minimum atomic E-state index is 0.349. The Balaban J connectivity index is 1.98. The molecular formula is C17H34N2O. The first-order chi connectivity index (χ1) is 9.65. The van der Waals surface area contributed by atoms with Crippen LogP contribution in [0.4, 0.5) is 0 Å². The fraction of sp³-hybridized carbons (Fsp3) is 1.00. The fourth-order valence-corrected chi connectivity index (χ4v) is 3.73. The van der Waals surface area contributed by atoms with Gasteiger partial charge in [0.2, 0.25) is 0 Å². The summed E-state index contributed by atoms with van der Waals surface area (Å²) in [5.74, 6) is 0. The van der Waals surface area contributed by atoms with Gasteiger partial charge in [-0.2, -0.15) is 0 Å². The summed E-state index contributed by atoms with van der Waals surface area (Å²) in [6, 6.07) is 1.37. The molecular weight excluding hydrogens is 248 g/mol. The molecule has 2 aliphatic rings. The highest BCUT2D eigenvalue weighted by Gasteiger charge is 2.38. The quantitative estimate of drug-likeness (QED) is 0.810. The minimum absolute atomic E-state index is 0.349. The Bertz CT molecular complexity index is 274. The van der Waals surface area contributed by atoms with Gasteiger partial charge in [0.15, 0.2) is 0 Å². The maximum Gasteiger partial charge on any atom is 0.0547 e. The molecule has 2 aliphatic heterocycles. The Labute approximate surface area is 125 Å². The van der Waals surface area contributed by atoms with Gasteiger partial charge in [-0.1, -0.05) is 33.6 Å². The summed E-state index contributed by atoms with van der Waals surface area (Å²) in [6.45, 7) is 12.4. The molecule has 2 saturated heterocycles. The maximum atomic E-state index is 5.77. The van der Waals surface area contributed by atoms with Gasteiger partial charge in [0.1, 0.15) is 0 Å². The zero-order valence-corrected chi connectivity index (χ0v) is 13.8. The normalized spacial score (nSPS) is 32.7. The molecule has 0 radical (unpaired) electrons. The van der Waals surface area contributed by atoms with Gasteiger partial charge in [0, 0.05) is 37.2 Å². The molecule has 20 heavy (non-hydrogen) atoms. The smallest absolute Gasteiger partial charge is 0.0547 e. The van der Waals surface area contributed by atoms with Gasteiger partial charge in [0.25, 0.3) is 0 Å². The predicted molar refractivity (Wildman–Crippen MR) is 85.1 cm³/mol. The Morgan fingerprint density at radius 3 is 2.80 bits per heavy atom. The highest BCUT2D eigenvalue weighted by Crippen LogP contribution is 2.32. The molecule has 2 fully saturated rings. The van der Waals surface area contributed by atoms with Crippen LogP contribution < -0.4 is 5.32 Å². The lowest BCUT2D eigenvalue weighted by Crippen LogP contribution is -2.49. The topological polar surface area (TPSA) is 24.5 Å². The Morgan fingerprint density at radius 1 is 1.30 bits per heavy atom. The van der Waals surface area contributed by atoms with Crippen molar-refractivity contribution in [2.24, 2.45) is 5.41 Å². The average molecular weight is 282 g/mol. The Kier molecular flexibility index (Phi) is 6.31. The van der Waals surface area contributed by atoms with Crippen molar-refractivity contribution in [3.8, 4) is 0 Å². The average Bonchev–Trinajstić information content (AvgIpc) is 2.77. The van der Waals surface area contributed by atoms with Crippen LogP contribution in [0.15, 0.2) is 0 Å². The van der Waals surface area contributed by atoms with Gasteiger partial charge in [-0.15, -0.1) is 0 Å². The summed E-state index contributed by atoms with van der Waals surface area (Å²) in [7, 11) is 0. The fourth-order valence-electron chi connectivity index (χ4n) is 3.73. The van der Waals surface area contributed by atoms with E-state index in [1.807, 2.05) is 0 Å². The number of nitrogens with zero attached hydrogens (tertiary/aromatic N) is 1. The van der Waals surface area contributed by atoms with Gasteiger partial charge >= 0.3 is 0 Å². The highest BCUT2D eigenvalue weighted by atomic mass is 16.5. The molecule has 0 aromatic heterocycles. The lowest BCUT2D eigenvalue weighted by atomic mass is 9.85. The molecule has 118 valence electrons. The molecule has 2 atom stereocenters. The second-order valence-electron chi connectivity index (χ2n) is 7.22. The predicted octanol–water partition coefficient (Wildman–Crippen LogP) is 3.05. The molecule has 3 nitrogen and oxygen atoms in total. The van der Waals surface area contributed by atoms with Gasteiger partial charge < -0.3 is 10.1 Å². The second kappa shape index (κ2) is 7.77. The molecule has 0 saturated carbocycles. The zero-order valence-electron chi connectivity index (χ0n) is 13.8. The number of rotatable bonds is 6. The van der Waals surface area contributed by atoms with Crippen LogP contribution in [0.1, 0.15) is 59.3 Å². The van der Waals surface area contributed by atoms with E-state index in [4.69, 9.17) is 4.74 Å². The number of ether oxygens (including phenoxy) is 1. The maximum absolute atomic E-state index is 5.77. The summed E-state index contributed by atoms with van der Waals surface area (Å²) in [6.07, 6.45) is 8.13. The number of nitrogens with one attached hydrogen (secondary N) is 1. The van der Waals surface area contributed by atoms with Gasteiger partial charge in [-0.3, -0.25) is 4.90 Å². The Hall–Kier alpha value is -0.120. The van der Waals surface area contributed by atoms with Crippen molar-refractivity contribution in [1.29, 1.82) is 0 Å². The molecule has 0 amide bonds. The molecule has 1 N–H and O–H groups in total. The molecule has 2 rings (SSSR count). The third kappa shape index (κ3) is 4.44. The van der Waals surface area contributed by atoms with Gasteiger partial charge in [-0.05, 0) is 32.2 Å². The van der Waals surface area contributed by atoms with E-state index < -0.39 is 0 Å². The summed E-state index contributed by atoms with van der Waals surface area (Å²) in [5, 5.41) is 3.66. The second-order valence-corrected chi connectivity index (χ2v) is 7.22. The van der Waals surface area contributed by atoms with E-state index in [2.05, 4.69) is 31.0 Å². The molecule has 2 heterocycles. The monoisotopic (exact) mass is 282 g/mol. The van der Waals surface area contributed by atoms with E-state index in [9.17, 15) is 0 Å². The summed E-state index contributed by atoms with van der Waals surface area (Å²) in [5.41, 5.74) is 0.349. The summed E-state index contributed by atoms with van der Waals surface area (Å²) >= 11 is 0. The largest absolute Gasteiger partial charge is 0.381 e. The molecule has 0 aliphatic carbocycles. The third-order valence-corrected chi connectivity index (χ3v) is 5.08. The van der Waals surface area contributed by atoms with Crippen LogP contribution in [0.25, 0.3) is 0 Å². The van der Waals surface area contributed by atoms with E-state index in [0.717, 1.165) is 25.8 Å². The van der Waals surface area contributed by atoms with E-state index in [0.29, 0.717) is 11.5 Å². The minimum Gasteiger partial charge on any atom is -0.381 e. The van der Waals surface area contributed by atoms with Crippen molar-refractivity contribution < 1.29 is 4.74 Å². The third-order valence-electron chi connectivity index (χ3n) is 5.08. The van der Waals surface area contributed by atoms with E-state index in [1.54, 1.807) is 0 Å². The molecule has 3 heteroatoms. The standard InChI is InChI=1S/C17H34N2O/c1-4-16-8-6-5-7-10-19(16)13-17(9-11-20-14-17)12-18-15(2)3/h15-16,18H,4-14H2,1-3H3. The zero-order chi connectivity index (χ0) is 14.4. The van der Waals surface area contributed by atoms with Crippen LogP contribution in [-0.4, -0.2) is 49.8 Å². The number of hydrogen-bond acceptors (Lipinski definition) is 3. The highest BCUT2D eigenvalue weighted by molar-refractivity contribution is 4.91. The van der Waals surface area contributed by atoms with Gasteiger partial charge in [0.05, 0.1) is 6.61 Å². The molecule has 0 aromatic rings. The summed E-state index contributed by atoms with van der Waals surface area (Å²) < 4.78 is 5.77. The Morgan fingerprint density at radius 2 is 2.15 bits per heavy atom. The van der Waals surface area contributed by atoms with E-state index in [-0.39, 0.29) is 0 Å².